The molecule has 2 rings (SSSR count). The fourth-order valence-electron chi connectivity index (χ4n) is 2.70. The molecule has 106 valence electrons. The lowest BCUT2D eigenvalue weighted by atomic mass is 9.95. The van der Waals surface area contributed by atoms with E-state index in [2.05, 4.69) is 0 Å². The summed E-state index contributed by atoms with van der Waals surface area (Å²) in [5, 5.41) is 0. The third-order valence-corrected chi connectivity index (χ3v) is 3.59. The van der Waals surface area contributed by atoms with Crippen LogP contribution in [0.15, 0.2) is 18.2 Å². The fourth-order valence-corrected chi connectivity index (χ4v) is 2.70. The molecule has 1 aliphatic heterocycles. The van der Waals surface area contributed by atoms with Crippen molar-refractivity contribution < 1.29 is 17.6 Å². The molecule has 19 heavy (non-hydrogen) atoms. The Hall–Kier alpha value is -1.14. The standard InChI is InChI=1S/C13H16F4N2/c1-2-19-6-5-11(18)12(19)9-4-3-8(14)7-10(9)13(15,16)17/h3-4,7,11-12H,2,5-6,18H2,1H3. The van der Waals surface area contributed by atoms with Gasteiger partial charge in [0.25, 0.3) is 0 Å². The highest BCUT2D eigenvalue weighted by Crippen LogP contribution is 2.40. The van der Waals surface area contributed by atoms with E-state index in [9.17, 15) is 17.6 Å². The minimum absolute atomic E-state index is 0.0701. The summed E-state index contributed by atoms with van der Waals surface area (Å²) in [6.07, 6.45) is -3.92. The van der Waals surface area contributed by atoms with Crippen LogP contribution in [0.2, 0.25) is 0 Å². The first-order valence-electron chi connectivity index (χ1n) is 6.21. The van der Waals surface area contributed by atoms with Crippen LogP contribution < -0.4 is 5.73 Å². The Morgan fingerprint density at radius 3 is 2.63 bits per heavy atom. The quantitative estimate of drug-likeness (QED) is 0.841. The molecule has 1 fully saturated rings. The number of nitrogens with two attached hydrogens (primary N) is 1. The van der Waals surface area contributed by atoms with E-state index >= 15 is 0 Å². The van der Waals surface area contributed by atoms with Gasteiger partial charge in [0.1, 0.15) is 5.82 Å². The van der Waals surface area contributed by atoms with Crippen LogP contribution >= 0.6 is 0 Å². The van der Waals surface area contributed by atoms with Crippen molar-refractivity contribution in [2.45, 2.75) is 31.6 Å². The number of likely N-dealkylation sites (tertiary alicyclic amines) is 1. The summed E-state index contributed by atoms with van der Waals surface area (Å²) in [4.78, 5) is 1.90. The zero-order chi connectivity index (χ0) is 14.2. The molecule has 0 bridgehead atoms. The molecule has 2 atom stereocenters. The van der Waals surface area contributed by atoms with Crippen molar-refractivity contribution >= 4 is 0 Å². The number of likely N-dealkylation sites (N-methyl/N-ethyl adjacent to an activating group) is 1. The molecule has 6 heteroatoms. The molecule has 2 unspecified atom stereocenters. The van der Waals surface area contributed by atoms with Crippen molar-refractivity contribution in [2.75, 3.05) is 13.1 Å². The second-order valence-electron chi connectivity index (χ2n) is 4.76. The van der Waals surface area contributed by atoms with Crippen molar-refractivity contribution in [2.24, 2.45) is 5.73 Å². The van der Waals surface area contributed by atoms with Crippen LogP contribution in [0.4, 0.5) is 17.6 Å². The van der Waals surface area contributed by atoms with E-state index in [1.165, 1.54) is 6.07 Å². The van der Waals surface area contributed by atoms with Crippen molar-refractivity contribution in [3.63, 3.8) is 0 Å². The Bertz CT molecular complexity index is 458. The smallest absolute Gasteiger partial charge is 0.326 e. The van der Waals surface area contributed by atoms with Gasteiger partial charge in [0, 0.05) is 12.6 Å². The Balaban J connectivity index is 2.49. The molecule has 1 saturated heterocycles. The number of halogens is 4. The van der Waals surface area contributed by atoms with Gasteiger partial charge >= 0.3 is 6.18 Å². The van der Waals surface area contributed by atoms with Gasteiger partial charge in [0.05, 0.1) is 11.6 Å². The summed E-state index contributed by atoms with van der Waals surface area (Å²) in [6, 6.07) is 1.96. The van der Waals surface area contributed by atoms with Gasteiger partial charge in [0.15, 0.2) is 0 Å². The van der Waals surface area contributed by atoms with Gasteiger partial charge in [-0.15, -0.1) is 0 Å². The van der Waals surface area contributed by atoms with E-state index in [1.54, 1.807) is 0 Å². The molecule has 2 N–H and O–H groups in total. The van der Waals surface area contributed by atoms with Crippen molar-refractivity contribution in [1.29, 1.82) is 0 Å². The first-order valence-corrected chi connectivity index (χ1v) is 6.21. The molecular formula is C13H16F4N2. The van der Waals surface area contributed by atoms with Crippen LogP contribution in [-0.4, -0.2) is 24.0 Å². The van der Waals surface area contributed by atoms with Gasteiger partial charge in [-0.25, -0.2) is 4.39 Å². The van der Waals surface area contributed by atoms with E-state index in [0.29, 0.717) is 25.6 Å². The normalized spacial score (nSPS) is 24.9. The average molecular weight is 276 g/mol. The van der Waals surface area contributed by atoms with Crippen LogP contribution in [0.25, 0.3) is 0 Å². The average Bonchev–Trinajstić information content (AvgIpc) is 2.69. The number of benzene rings is 1. The number of alkyl halides is 3. The van der Waals surface area contributed by atoms with Crippen molar-refractivity contribution in [3.8, 4) is 0 Å². The number of rotatable bonds is 2. The molecule has 0 radical (unpaired) electrons. The van der Waals surface area contributed by atoms with Gasteiger partial charge < -0.3 is 5.73 Å². The third kappa shape index (κ3) is 2.74. The molecule has 0 amide bonds. The fraction of sp³-hybridized carbons (Fsp3) is 0.538. The highest BCUT2D eigenvalue weighted by molar-refractivity contribution is 5.34. The van der Waals surface area contributed by atoms with Gasteiger partial charge in [-0.1, -0.05) is 13.0 Å². The van der Waals surface area contributed by atoms with Crippen LogP contribution in [0.5, 0.6) is 0 Å². The summed E-state index contributed by atoms with van der Waals surface area (Å²) in [7, 11) is 0. The Morgan fingerprint density at radius 2 is 2.05 bits per heavy atom. The Kier molecular flexibility index (Phi) is 3.82. The molecule has 0 saturated carbocycles. The van der Waals surface area contributed by atoms with Crippen molar-refractivity contribution in [3.05, 3.63) is 35.1 Å². The van der Waals surface area contributed by atoms with Gasteiger partial charge in [0.2, 0.25) is 0 Å². The van der Waals surface area contributed by atoms with E-state index in [1.807, 2.05) is 11.8 Å². The molecule has 2 nitrogen and oxygen atoms in total. The first-order chi connectivity index (χ1) is 8.84. The number of hydrogen-bond donors (Lipinski definition) is 1. The molecular weight excluding hydrogens is 260 g/mol. The minimum Gasteiger partial charge on any atom is -0.326 e. The van der Waals surface area contributed by atoms with E-state index in [0.717, 1.165) is 6.07 Å². The predicted molar refractivity (Wildman–Crippen MR) is 64.0 cm³/mol. The lowest BCUT2D eigenvalue weighted by Crippen LogP contribution is -2.33. The number of nitrogens with zero attached hydrogens (tertiary/aromatic N) is 1. The molecule has 0 spiro atoms. The monoisotopic (exact) mass is 276 g/mol. The zero-order valence-corrected chi connectivity index (χ0v) is 10.5. The maximum absolute atomic E-state index is 13.1. The van der Waals surface area contributed by atoms with Gasteiger partial charge in [-0.05, 0) is 30.7 Å². The summed E-state index contributed by atoms with van der Waals surface area (Å²) >= 11 is 0. The second-order valence-corrected chi connectivity index (χ2v) is 4.76. The predicted octanol–water partition coefficient (Wildman–Crippen LogP) is 2.94. The summed E-state index contributed by atoms with van der Waals surface area (Å²) in [6.45, 7) is 3.16. The second kappa shape index (κ2) is 5.09. The summed E-state index contributed by atoms with van der Waals surface area (Å²) in [5.74, 6) is -0.884. The summed E-state index contributed by atoms with van der Waals surface area (Å²) < 4.78 is 52.1. The largest absolute Gasteiger partial charge is 0.416 e. The van der Waals surface area contributed by atoms with Crippen LogP contribution in [0, 0.1) is 5.82 Å². The lowest BCUT2D eigenvalue weighted by Gasteiger charge is -2.28. The van der Waals surface area contributed by atoms with Crippen molar-refractivity contribution in [1.82, 2.24) is 4.90 Å². The SMILES string of the molecule is CCN1CCC(N)C1c1ccc(F)cc1C(F)(F)F. The maximum Gasteiger partial charge on any atom is 0.416 e. The first kappa shape index (κ1) is 14.3. The minimum atomic E-state index is -4.57. The van der Waals surface area contributed by atoms with E-state index < -0.39 is 23.6 Å². The molecule has 1 aliphatic rings. The number of hydrogen-bond acceptors (Lipinski definition) is 2. The van der Waals surface area contributed by atoms with Gasteiger partial charge in [-0.2, -0.15) is 13.2 Å². The Morgan fingerprint density at radius 1 is 1.37 bits per heavy atom. The third-order valence-electron chi connectivity index (χ3n) is 3.59. The maximum atomic E-state index is 13.1. The highest BCUT2D eigenvalue weighted by atomic mass is 19.4. The molecule has 0 aromatic heterocycles. The van der Waals surface area contributed by atoms with E-state index in [-0.39, 0.29) is 11.6 Å². The molecule has 1 aromatic rings. The topological polar surface area (TPSA) is 29.3 Å². The highest BCUT2D eigenvalue weighted by Gasteiger charge is 2.40. The summed E-state index contributed by atoms with van der Waals surface area (Å²) in [5.41, 5.74) is 5.07. The zero-order valence-electron chi connectivity index (χ0n) is 10.5. The van der Waals surface area contributed by atoms with Crippen LogP contribution in [-0.2, 0) is 6.18 Å². The molecule has 1 heterocycles. The van der Waals surface area contributed by atoms with E-state index in [4.69, 9.17) is 5.73 Å². The molecule has 0 aliphatic carbocycles. The van der Waals surface area contributed by atoms with Gasteiger partial charge in [-0.3, -0.25) is 4.90 Å². The lowest BCUT2D eigenvalue weighted by molar-refractivity contribution is -0.138. The van der Waals surface area contributed by atoms with Crippen LogP contribution in [0.3, 0.4) is 0 Å². The van der Waals surface area contributed by atoms with Crippen LogP contribution in [0.1, 0.15) is 30.5 Å². The Labute approximate surface area is 109 Å². The molecule has 1 aromatic carbocycles.